The van der Waals surface area contributed by atoms with Crippen molar-refractivity contribution in [2.75, 3.05) is 20.1 Å². The van der Waals surface area contributed by atoms with Gasteiger partial charge in [0.15, 0.2) is 0 Å². The van der Waals surface area contributed by atoms with E-state index in [9.17, 15) is 0 Å². The van der Waals surface area contributed by atoms with Gasteiger partial charge in [0.1, 0.15) is 0 Å². The first-order valence-electron chi connectivity index (χ1n) is 7.14. The first kappa shape index (κ1) is 12.5. The van der Waals surface area contributed by atoms with Crippen LogP contribution < -0.4 is 0 Å². The standard InChI is InChI=1S/C17H22N2/c1-12(2)13-6-7-17-15(9-13)16(10-18-17)14-5-4-8-19(3)11-14/h5-7,9-10,12,18H,4,8,11H2,1-3H3. The summed E-state index contributed by atoms with van der Waals surface area (Å²) in [6.45, 7) is 6.73. The fourth-order valence-corrected chi connectivity index (χ4v) is 2.85. The van der Waals surface area contributed by atoms with Crippen molar-refractivity contribution in [3.05, 3.63) is 41.6 Å². The highest BCUT2D eigenvalue weighted by molar-refractivity contribution is 5.93. The number of H-pyrrole nitrogens is 1. The van der Waals surface area contributed by atoms with Crippen molar-refractivity contribution in [3.63, 3.8) is 0 Å². The summed E-state index contributed by atoms with van der Waals surface area (Å²) in [4.78, 5) is 5.80. The zero-order valence-electron chi connectivity index (χ0n) is 12.0. The van der Waals surface area contributed by atoms with Crippen LogP contribution in [0, 0.1) is 0 Å². The van der Waals surface area contributed by atoms with E-state index in [0.717, 1.165) is 13.0 Å². The van der Waals surface area contributed by atoms with Crippen molar-refractivity contribution in [1.29, 1.82) is 0 Å². The average Bonchev–Trinajstić information content (AvgIpc) is 2.81. The van der Waals surface area contributed by atoms with Gasteiger partial charge >= 0.3 is 0 Å². The number of nitrogens with one attached hydrogen (secondary N) is 1. The van der Waals surface area contributed by atoms with E-state index < -0.39 is 0 Å². The molecule has 0 radical (unpaired) electrons. The minimum absolute atomic E-state index is 0.579. The third-order valence-electron chi connectivity index (χ3n) is 4.06. The maximum Gasteiger partial charge on any atom is 0.0460 e. The van der Waals surface area contributed by atoms with Crippen LogP contribution in [0.2, 0.25) is 0 Å². The number of fused-ring (bicyclic) bond motifs is 1. The van der Waals surface area contributed by atoms with Crippen LogP contribution in [-0.4, -0.2) is 30.0 Å². The largest absolute Gasteiger partial charge is 0.361 e. The zero-order valence-corrected chi connectivity index (χ0v) is 12.0. The lowest BCUT2D eigenvalue weighted by Crippen LogP contribution is -2.24. The van der Waals surface area contributed by atoms with E-state index in [4.69, 9.17) is 0 Å². The molecule has 0 saturated heterocycles. The monoisotopic (exact) mass is 254 g/mol. The molecule has 0 unspecified atom stereocenters. The van der Waals surface area contributed by atoms with Crippen LogP contribution >= 0.6 is 0 Å². The number of benzene rings is 1. The fourth-order valence-electron chi connectivity index (χ4n) is 2.85. The molecule has 1 aromatic heterocycles. The molecule has 1 aliphatic heterocycles. The number of hydrogen-bond acceptors (Lipinski definition) is 1. The Kier molecular flexibility index (Phi) is 3.19. The van der Waals surface area contributed by atoms with Crippen molar-refractivity contribution in [3.8, 4) is 0 Å². The van der Waals surface area contributed by atoms with Gasteiger partial charge in [-0.3, -0.25) is 0 Å². The molecule has 100 valence electrons. The molecule has 3 rings (SSSR count). The Morgan fingerprint density at radius 2 is 2.11 bits per heavy atom. The normalized spacial score (nSPS) is 17.2. The smallest absolute Gasteiger partial charge is 0.0460 e. The van der Waals surface area contributed by atoms with E-state index in [-0.39, 0.29) is 0 Å². The summed E-state index contributed by atoms with van der Waals surface area (Å²) < 4.78 is 0. The van der Waals surface area contributed by atoms with E-state index in [2.05, 4.69) is 61.3 Å². The number of likely N-dealkylation sites (N-methyl/N-ethyl adjacent to an activating group) is 1. The highest BCUT2D eigenvalue weighted by Crippen LogP contribution is 2.30. The molecule has 1 aliphatic rings. The highest BCUT2D eigenvalue weighted by atomic mass is 15.1. The number of hydrogen-bond donors (Lipinski definition) is 1. The van der Waals surface area contributed by atoms with Crippen LogP contribution in [0.5, 0.6) is 0 Å². The van der Waals surface area contributed by atoms with Crippen LogP contribution in [-0.2, 0) is 0 Å². The maximum absolute atomic E-state index is 3.41. The molecular weight excluding hydrogens is 232 g/mol. The lowest BCUT2D eigenvalue weighted by Gasteiger charge is -2.22. The third kappa shape index (κ3) is 2.33. The SMILES string of the molecule is CC(C)c1ccc2[nH]cc(C3=CCCN(C)C3)c2c1. The summed E-state index contributed by atoms with van der Waals surface area (Å²) in [7, 11) is 2.20. The van der Waals surface area contributed by atoms with Crippen molar-refractivity contribution >= 4 is 16.5 Å². The molecule has 1 N–H and O–H groups in total. The molecule has 0 aliphatic carbocycles. The zero-order chi connectivity index (χ0) is 13.4. The molecule has 2 aromatic rings. The predicted molar refractivity (Wildman–Crippen MR) is 82.5 cm³/mol. The van der Waals surface area contributed by atoms with Gasteiger partial charge in [-0.15, -0.1) is 0 Å². The summed E-state index contributed by atoms with van der Waals surface area (Å²) >= 11 is 0. The summed E-state index contributed by atoms with van der Waals surface area (Å²) in [6, 6.07) is 6.79. The average molecular weight is 254 g/mol. The lowest BCUT2D eigenvalue weighted by molar-refractivity contribution is 0.373. The van der Waals surface area contributed by atoms with Gasteiger partial charge in [0, 0.05) is 35.8 Å². The minimum atomic E-state index is 0.579. The van der Waals surface area contributed by atoms with Gasteiger partial charge < -0.3 is 9.88 Å². The Balaban J connectivity index is 2.08. The van der Waals surface area contributed by atoms with Gasteiger partial charge in [-0.25, -0.2) is 0 Å². The second kappa shape index (κ2) is 4.86. The Morgan fingerprint density at radius 3 is 2.84 bits per heavy atom. The Labute approximate surface area is 115 Å². The molecule has 19 heavy (non-hydrogen) atoms. The van der Waals surface area contributed by atoms with E-state index >= 15 is 0 Å². The Bertz CT molecular complexity index is 619. The molecule has 0 spiro atoms. The highest BCUT2D eigenvalue weighted by Gasteiger charge is 2.14. The van der Waals surface area contributed by atoms with E-state index in [1.54, 1.807) is 0 Å². The second-order valence-electron chi connectivity index (χ2n) is 5.92. The van der Waals surface area contributed by atoms with Crippen LogP contribution in [0.4, 0.5) is 0 Å². The molecule has 2 heteroatoms. The topological polar surface area (TPSA) is 19.0 Å². The van der Waals surface area contributed by atoms with Crippen molar-refractivity contribution in [2.45, 2.75) is 26.2 Å². The number of aromatic nitrogens is 1. The van der Waals surface area contributed by atoms with Gasteiger partial charge in [0.2, 0.25) is 0 Å². The molecule has 2 nitrogen and oxygen atoms in total. The van der Waals surface area contributed by atoms with Crippen LogP contribution in [0.3, 0.4) is 0 Å². The van der Waals surface area contributed by atoms with Crippen LogP contribution in [0.25, 0.3) is 16.5 Å². The number of aromatic amines is 1. The molecule has 0 amide bonds. The Hall–Kier alpha value is -1.54. The maximum atomic E-state index is 3.41. The number of rotatable bonds is 2. The van der Waals surface area contributed by atoms with Gasteiger partial charge in [-0.1, -0.05) is 26.0 Å². The van der Waals surface area contributed by atoms with Gasteiger partial charge in [0.25, 0.3) is 0 Å². The molecular formula is C17H22N2. The van der Waals surface area contributed by atoms with Crippen LogP contribution in [0.15, 0.2) is 30.5 Å². The van der Waals surface area contributed by atoms with Gasteiger partial charge in [-0.2, -0.15) is 0 Å². The van der Waals surface area contributed by atoms with Crippen LogP contribution in [0.1, 0.15) is 37.3 Å². The molecule has 0 saturated carbocycles. The van der Waals surface area contributed by atoms with E-state index in [1.807, 2.05) is 0 Å². The van der Waals surface area contributed by atoms with Crippen molar-refractivity contribution < 1.29 is 0 Å². The molecule has 0 fully saturated rings. The molecule has 2 heterocycles. The second-order valence-corrected chi connectivity index (χ2v) is 5.92. The first-order chi connectivity index (χ1) is 9.15. The first-order valence-corrected chi connectivity index (χ1v) is 7.14. The summed E-state index contributed by atoms with van der Waals surface area (Å²) in [5.41, 5.74) is 5.50. The van der Waals surface area contributed by atoms with Gasteiger partial charge in [0.05, 0.1) is 0 Å². The van der Waals surface area contributed by atoms with Crippen molar-refractivity contribution in [1.82, 2.24) is 9.88 Å². The summed E-state index contributed by atoms with van der Waals surface area (Å²) in [5.74, 6) is 0.579. The predicted octanol–water partition coefficient (Wildman–Crippen LogP) is 4.01. The Morgan fingerprint density at radius 1 is 1.26 bits per heavy atom. The quantitative estimate of drug-likeness (QED) is 0.858. The fraction of sp³-hybridized carbons (Fsp3) is 0.412. The summed E-state index contributed by atoms with van der Waals surface area (Å²) in [5, 5.41) is 1.37. The van der Waals surface area contributed by atoms with Crippen molar-refractivity contribution in [2.24, 2.45) is 0 Å². The number of nitrogens with zero attached hydrogens (tertiary/aromatic N) is 1. The molecule has 0 atom stereocenters. The minimum Gasteiger partial charge on any atom is -0.361 e. The summed E-state index contributed by atoms with van der Waals surface area (Å²) in [6.07, 6.45) is 5.72. The molecule has 1 aromatic carbocycles. The lowest BCUT2D eigenvalue weighted by atomic mass is 9.97. The van der Waals surface area contributed by atoms with E-state index in [1.165, 1.54) is 34.1 Å². The van der Waals surface area contributed by atoms with Gasteiger partial charge in [-0.05, 0) is 42.7 Å². The van der Waals surface area contributed by atoms with E-state index in [0.29, 0.717) is 5.92 Å². The molecule has 0 bridgehead atoms. The third-order valence-corrected chi connectivity index (χ3v) is 4.06.